The minimum Gasteiger partial charge on any atom is -0.481 e. The highest BCUT2D eigenvalue weighted by Gasteiger charge is 2.35. The number of nitrogens with zero attached hydrogens (tertiary/aromatic N) is 2. The molecule has 0 fully saturated rings. The summed E-state index contributed by atoms with van der Waals surface area (Å²) in [6.07, 6.45) is 2.16. The summed E-state index contributed by atoms with van der Waals surface area (Å²) in [5, 5.41) is 1.79. The Morgan fingerprint density at radius 3 is 2.86 bits per heavy atom. The van der Waals surface area contributed by atoms with Gasteiger partial charge in [0.2, 0.25) is 5.88 Å². The Morgan fingerprint density at radius 2 is 2.17 bits per heavy atom. The molecule has 0 saturated carbocycles. The first-order chi connectivity index (χ1) is 14.0. The van der Waals surface area contributed by atoms with E-state index in [9.17, 15) is 4.79 Å². The van der Waals surface area contributed by atoms with Gasteiger partial charge in [0, 0.05) is 40.4 Å². The van der Waals surface area contributed by atoms with Crippen LogP contribution in [0, 0.1) is 5.92 Å². The van der Waals surface area contributed by atoms with Gasteiger partial charge in [0.25, 0.3) is 0 Å². The van der Waals surface area contributed by atoms with Crippen LogP contribution in [0.2, 0.25) is 5.02 Å². The Kier molecular flexibility index (Phi) is 5.37. The lowest BCUT2D eigenvalue weighted by molar-refractivity contribution is 0.0797. The van der Waals surface area contributed by atoms with Gasteiger partial charge in [-0.05, 0) is 47.7 Å². The van der Waals surface area contributed by atoms with E-state index in [0.717, 1.165) is 28.6 Å². The van der Waals surface area contributed by atoms with Gasteiger partial charge in [-0.15, -0.1) is 0 Å². The highest BCUT2D eigenvalue weighted by Crippen LogP contribution is 2.39. The number of H-pyrrole nitrogens is 1. The summed E-state index contributed by atoms with van der Waals surface area (Å²) >= 11 is 6.23. The summed E-state index contributed by atoms with van der Waals surface area (Å²) in [5.41, 5.74) is 4.05. The summed E-state index contributed by atoms with van der Waals surface area (Å²) in [6, 6.07) is 9.24. The molecule has 7 heteroatoms. The van der Waals surface area contributed by atoms with Crippen molar-refractivity contribution in [2.45, 2.75) is 26.3 Å². The van der Waals surface area contributed by atoms with Crippen molar-refractivity contribution in [2.75, 3.05) is 20.3 Å². The topological polar surface area (TPSA) is 67.5 Å². The third kappa shape index (κ3) is 3.77. The Morgan fingerprint density at radius 1 is 1.34 bits per heavy atom. The van der Waals surface area contributed by atoms with E-state index in [1.165, 1.54) is 5.56 Å². The second-order valence-electron chi connectivity index (χ2n) is 7.66. The average molecular weight is 414 g/mol. The summed E-state index contributed by atoms with van der Waals surface area (Å²) in [7, 11) is 1.58. The average Bonchev–Trinajstić information content (AvgIpc) is 3.09. The molecule has 29 heavy (non-hydrogen) atoms. The van der Waals surface area contributed by atoms with Crippen molar-refractivity contribution in [2.24, 2.45) is 5.92 Å². The van der Waals surface area contributed by atoms with Gasteiger partial charge in [-0.3, -0.25) is 4.90 Å². The molecule has 0 spiro atoms. The summed E-state index contributed by atoms with van der Waals surface area (Å²) in [5.74, 6) is 0.803. The van der Waals surface area contributed by atoms with Gasteiger partial charge >= 0.3 is 6.09 Å². The van der Waals surface area contributed by atoms with Crippen LogP contribution in [0.15, 0.2) is 36.5 Å². The molecule has 0 bridgehead atoms. The number of carbonyl (C=O) groups excluding carboxylic acids is 1. The number of aromatic amines is 1. The Hall–Kier alpha value is -2.73. The number of fused-ring (bicyclic) bond motifs is 3. The van der Waals surface area contributed by atoms with Crippen LogP contribution in [-0.2, 0) is 11.2 Å². The van der Waals surface area contributed by atoms with Crippen molar-refractivity contribution in [1.82, 2.24) is 14.9 Å². The lowest BCUT2D eigenvalue weighted by Gasteiger charge is -2.35. The number of nitrogens with one attached hydrogen (secondary N) is 1. The first kappa shape index (κ1) is 19.6. The van der Waals surface area contributed by atoms with Crippen molar-refractivity contribution in [1.29, 1.82) is 0 Å². The number of rotatable bonds is 4. The van der Waals surface area contributed by atoms with Gasteiger partial charge < -0.3 is 14.5 Å². The van der Waals surface area contributed by atoms with Crippen LogP contribution in [0.1, 0.15) is 36.7 Å². The molecule has 0 aliphatic carbocycles. The Balaban J connectivity index is 1.79. The van der Waals surface area contributed by atoms with E-state index in [0.29, 0.717) is 24.1 Å². The van der Waals surface area contributed by atoms with Crippen molar-refractivity contribution in [3.05, 3.63) is 58.4 Å². The van der Waals surface area contributed by atoms with E-state index < -0.39 is 0 Å². The van der Waals surface area contributed by atoms with Crippen LogP contribution in [0.3, 0.4) is 0 Å². The molecule has 3 aromatic rings. The number of aromatic nitrogens is 2. The first-order valence-electron chi connectivity index (χ1n) is 9.71. The van der Waals surface area contributed by atoms with Crippen LogP contribution < -0.4 is 4.74 Å². The van der Waals surface area contributed by atoms with E-state index in [4.69, 9.17) is 21.1 Å². The van der Waals surface area contributed by atoms with E-state index in [1.807, 2.05) is 38.1 Å². The quantitative estimate of drug-likeness (QED) is 0.656. The number of hydrogen-bond donors (Lipinski definition) is 1. The van der Waals surface area contributed by atoms with Gasteiger partial charge in [0.1, 0.15) is 6.04 Å². The number of amides is 1. The van der Waals surface area contributed by atoms with Gasteiger partial charge in [0.05, 0.1) is 13.7 Å². The minimum absolute atomic E-state index is 0.274. The number of methoxy groups -OCH3 is 1. The van der Waals surface area contributed by atoms with Crippen molar-refractivity contribution in [3.63, 3.8) is 0 Å². The van der Waals surface area contributed by atoms with Crippen molar-refractivity contribution >= 4 is 28.6 Å². The SMILES string of the molecule is COc1ccc(C2c3[nH]c4ccc(Cl)cc4c3CCN2C(=O)OCC(C)C)cn1. The zero-order chi connectivity index (χ0) is 20.5. The third-order valence-electron chi connectivity index (χ3n) is 5.15. The predicted molar refractivity (Wildman–Crippen MR) is 113 cm³/mol. The van der Waals surface area contributed by atoms with Gasteiger partial charge in [-0.25, -0.2) is 9.78 Å². The second-order valence-corrected chi connectivity index (χ2v) is 8.09. The monoisotopic (exact) mass is 413 g/mol. The van der Waals surface area contributed by atoms with E-state index >= 15 is 0 Å². The molecule has 1 aliphatic heterocycles. The molecule has 4 rings (SSSR count). The Labute approximate surface area is 174 Å². The maximum Gasteiger partial charge on any atom is 0.410 e. The minimum atomic E-state index is -0.318. The number of halogens is 1. The first-order valence-corrected chi connectivity index (χ1v) is 10.1. The largest absolute Gasteiger partial charge is 0.481 e. The molecule has 152 valence electrons. The number of pyridine rings is 1. The van der Waals surface area contributed by atoms with Crippen LogP contribution >= 0.6 is 11.6 Å². The highest BCUT2D eigenvalue weighted by atomic mass is 35.5. The zero-order valence-electron chi connectivity index (χ0n) is 16.7. The summed E-state index contributed by atoms with van der Waals surface area (Å²) in [6.45, 7) is 4.99. The van der Waals surface area contributed by atoms with Crippen LogP contribution in [0.5, 0.6) is 5.88 Å². The van der Waals surface area contributed by atoms with Gasteiger partial charge in [-0.1, -0.05) is 25.4 Å². The summed E-state index contributed by atoms with van der Waals surface area (Å²) in [4.78, 5) is 22.5. The molecule has 0 radical (unpaired) electrons. The fourth-order valence-corrected chi connectivity index (χ4v) is 3.97. The zero-order valence-corrected chi connectivity index (χ0v) is 17.5. The third-order valence-corrected chi connectivity index (χ3v) is 5.38. The molecule has 1 N–H and O–H groups in total. The maximum atomic E-state index is 12.9. The lowest BCUT2D eigenvalue weighted by atomic mass is 9.93. The molecule has 1 unspecified atom stereocenters. The molecule has 6 nitrogen and oxygen atoms in total. The molecule has 1 aliphatic rings. The number of hydrogen-bond acceptors (Lipinski definition) is 4. The van der Waals surface area contributed by atoms with Crippen LogP contribution in [0.25, 0.3) is 10.9 Å². The molecular formula is C22H24ClN3O3. The molecule has 1 aromatic carbocycles. The Bertz CT molecular complexity index is 1030. The smallest absolute Gasteiger partial charge is 0.410 e. The highest BCUT2D eigenvalue weighted by molar-refractivity contribution is 6.31. The molecule has 2 aromatic heterocycles. The maximum absolute atomic E-state index is 12.9. The van der Waals surface area contributed by atoms with E-state index in [-0.39, 0.29) is 18.1 Å². The van der Waals surface area contributed by atoms with Crippen LogP contribution in [0.4, 0.5) is 4.79 Å². The van der Waals surface area contributed by atoms with Crippen LogP contribution in [-0.4, -0.2) is 41.2 Å². The van der Waals surface area contributed by atoms with Crippen molar-refractivity contribution < 1.29 is 14.3 Å². The van der Waals surface area contributed by atoms with Crippen molar-refractivity contribution in [3.8, 4) is 5.88 Å². The number of ether oxygens (including phenoxy) is 2. The van der Waals surface area contributed by atoms with E-state index in [1.54, 1.807) is 24.3 Å². The number of benzene rings is 1. The van der Waals surface area contributed by atoms with E-state index in [2.05, 4.69) is 9.97 Å². The standard InChI is InChI=1S/C22H24ClN3O3/c1-13(2)12-29-22(27)26-9-8-16-17-10-15(23)5-6-18(17)25-20(16)21(26)14-4-7-19(28-3)24-11-14/h4-7,10-11,13,21,25H,8-9,12H2,1-3H3. The normalized spacial score (nSPS) is 16.2. The van der Waals surface area contributed by atoms with Gasteiger partial charge in [0.15, 0.2) is 0 Å². The molecule has 3 heterocycles. The lowest BCUT2D eigenvalue weighted by Crippen LogP contribution is -2.41. The molecule has 0 saturated heterocycles. The second kappa shape index (κ2) is 7.95. The fourth-order valence-electron chi connectivity index (χ4n) is 3.80. The predicted octanol–water partition coefficient (Wildman–Crippen LogP) is 4.97. The van der Waals surface area contributed by atoms with Gasteiger partial charge in [-0.2, -0.15) is 0 Å². The molecular weight excluding hydrogens is 390 g/mol. The number of carbonyl (C=O) groups is 1. The molecule has 1 atom stereocenters. The summed E-state index contributed by atoms with van der Waals surface area (Å²) < 4.78 is 10.7. The fraction of sp³-hybridized carbons (Fsp3) is 0.364. The molecule has 1 amide bonds.